The van der Waals surface area contributed by atoms with Crippen molar-refractivity contribution in [2.24, 2.45) is 7.05 Å². The molecule has 180 valence electrons. The Kier molecular flexibility index (Phi) is 7.61. The number of nitrogens with zero attached hydrogens (tertiary/aromatic N) is 3. The van der Waals surface area contributed by atoms with E-state index in [0.29, 0.717) is 18.6 Å². The Morgan fingerprint density at radius 1 is 1.24 bits per heavy atom. The van der Waals surface area contributed by atoms with Crippen LogP contribution in [0.15, 0.2) is 42.7 Å². The number of hydrogen-bond donors (Lipinski definition) is 3. The molecule has 0 saturated heterocycles. The van der Waals surface area contributed by atoms with E-state index in [-0.39, 0.29) is 11.9 Å². The van der Waals surface area contributed by atoms with E-state index in [1.54, 1.807) is 36.3 Å². The van der Waals surface area contributed by atoms with Gasteiger partial charge in [-0.1, -0.05) is 38.2 Å². The highest BCUT2D eigenvalue weighted by atomic mass is 16.5. The summed E-state index contributed by atoms with van der Waals surface area (Å²) < 4.78 is 7.44. The molecule has 9 heteroatoms. The normalized spacial score (nSPS) is 15.7. The maximum absolute atomic E-state index is 12.6. The summed E-state index contributed by atoms with van der Waals surface area (Å²) in [4.78, 5) is 28.6. The van der Waals surface area contributed by atoms with Crippen molar-refractivity contribution in [2.45, 2.75) is 57.0 Å². The van der Waals surface area contributed by atoms with Gasteiger partial charge in [-0.3, -0.25) is 9.48 Å². The minimum absolute atomic E-state index is 0.263. The van der Waals surface area contributed by atoms with Crippen LogP contribution in [0.25, 0.3) is 10.9 Å². The summed E-state index contributed by atoms with van der Waals surface area (Å²) in [6, 6.07) is 8.39. The van der Waals surface area contributed by atoms with Gasteiger partial charge >= 0.3 is 5.97 Å². The number of carbonyl (C=O) groups excluding carboxylic acids is 1. The Morgan fingerprint density at radius 3 is 2.91 bits per heavy atom. The molecule has 0 radical (unpaired) electrons. The summed E-state index contributed by atoms with van der Waals surface area (Å²) in [6.07, 6.45) is 9.75. The topological polar surface area (TPSA) is 118 Å². The molecular weight excluding hydrogens is 434 g/mol. The quantitative estimate of drug-likeness (QED) is 0.369. The number of rotatable bonds is 11. The van der Waals surface area contributed by atoms with Crippen LogP contribution in [0.3, 0.4) is 0 Å². The molecule has 2 atom stereocenters. The Morgan fingerprint density at radius 2 is 2.06 bits per heavy atom. The van der Waals surface area contributed by atoms with Gasteiger partial charge in [0.25, 0.3) is 5.91 Å². The molecule has 2 aromatic heterocycles. The predicted octanol–water partition coefficient (Wildman–Crippen LogP) is 3.76. The van der Waals surface area contributed by atoms with E-state index in [9.17, 15) is 14.7 Å². The molecule has 1 aliphatic rings. The highest BCUT2D eigenvalue weighted by Crippen LogP contribution is 2.27. The van der Waals surface area contributed by atoms with Gasteiger partial charge in [-0.25, -0.2) is 9.78 Å². The highest BCUT2D eigenvalue weighted by molar-refractivity contribution is 5.99. The summed E-state index contributed by atoms with van der Waals surface area (Å²) >= 11 is 0. The number of aryl methyl sites for hydroxylation is 1. The van der Waals surface area contributed by atoms with Gasteiger partial charge in [0.1, 0.15) is 12.6 Å². The molecule has 0 saturated carbocycles. The second kappa shape index (κ2) is 11.0. The van der Waals surface area contributed by atoms with Crippen LogP contribution >= 0.6 is 0 Å². The van der Waals surface area contributed by atoms with Crippen LogP contribution in [-0.2, 0) is 11.8 Å². The van der Waals surface area contributed by atoms with Gasteiger partial charge in [-0.2, -0.15) is 5.10 Å². The van der Waals surface area contributed by atoms with E-state index in [1.165, 1.54) is 0 Å². The van der Waals surface area contributed by atoms with Gasteiger partial charge in [-0.05, 0) is 37.1 Å². The number of carboxylic acids is 1. The molecule has 0 aliphatic carbocycles. The summed E-state index contributed by atoms with van der Waals surface area (Å²) in [5.74, 6) is 0.220. The number of anilines is 1. The fourth-order valence-corrected chi connectivity index (χ4v) is 4.25. The summed E-state index contributed by atoms with van der Waals surface area (Å²) in [5.41, 5.74) is 1.26. The van der Waals surface area contributed by atoms with Gasteiger partial charge in [0.05, 0.1) is 17.8 Å². The average molecular weight is 466 g/mol. The van der Waals surface area contributed by atoms with Crippen LogP contribution in [0.1, 0.15) is 55.3 Å². The van der Waals surface area contributed by atoms with Crippen molar-refractivity contribution in [3.63, 3.8) is 0 Å². The SMILES string of the molecule is Cn1ncc2ccc(C(=O)NC(CCCCCCCC3COc4cccnc4N3)C(=O)O)cc21. The van der Waals surface area contributed by atoms with Gasteiger partial charge < -0.3 is 20.5 Å². The van der Waals surface area contributed by atoms with Crippen LogP contribution in [-0.4, -0.2) is 50.4 Å². The summed E-state index contributed by atoms with van der Waals surface area (Å²) in [6.45, 7) is 0.645. The van der Waals surface area contributed by atoms with Crippen LogP contribution < -0.4 is 15.4 Å². The number of aliphatic carboxylic acids is 1. The zero-order valence-corrected chi connectivity index (χ0v) is 19.4. The monoisotopic (exact) mass is 465 g/mol. The van der Waals surface area contributed by atoms with Crippen molar-refractivity contribution in [1.29, 1.82) is 0 Å². The van der Waals surface area contributed by atoms with Crippen molar-refractivity contribution in [1.82, 2.24) is 20.1 Å². The van der Waals surface area contributed by atoms with Gasteiger partial charge in [0, 0.05) is 24.2 Å². The Hall–Kier alpha value is -3.62. The third-order valence-corrected chi connectivity index (χ3v) is 6.21. The summed E-state index contributed by atoms with van der Waals surface area (Å²) in [7, 11) is 1.81. The number of amides is 1. The van der Waals surface area contributed by atoms with E-state index >= 15 is 0 Å². The molecule has 1 amide bonds. The fourth-order valence-electron chi connectivity index (χ4n) is 4.25. The maximum atomic E-state index is 12.6. The molecule has 1 aromatic carbocycles. The number of carbonyl (C=O) groups is 2. The highest BCUT2D eigenvalue weighted by Gasteiger charge is 2.21. The molecular formula is C25H31N5O4. The first-order valence-corrected chi connectivity index (χ1v) is 11.8. The van der Waals surface area contributed by atoms with Crippen molar-refractivity contribution < 1.29 is 19.4 Å². The van der Waals surface area contributed by atoms with Crippen LogP contribution in [0.2, 0.25) is 0 Å². The molecule has 0 bridgehead atoms. The van der Waals surface area contributed by atoms with Gasteiger partial charge in [0.15, 0.2) is 11.6 Å². The molecule has 3 aromatic rings. The third kappa shape index (κ3) is 5.84. The Balaban J connectivity index is 1.15. The molecule has 3 heterocycles. The predicted molar refractivity (Wildman–Crippen MR) is 129 cm³/mol. The van der Waals surface area contributed by atoms with Gasteiger partial charge in [-0.15, -0.1) is 0 Å². The molecule has 9 nitrogen and oxygen atoms in total. The number of benzene rings is 1. The second-order valence-corrected chi connectivity index (χ2v) is 8.75. The van der Waals surface area contributed by atoms with Crippen LogP contribution in [0, 0.1) is 0 Å². The minimum Gasteiger partial charge on any atom is -0.488 e. The number of ether oxygens (including phenoxy) is 1. The molecule has 34 heavy (non-hydrogen) atoms. The molecule has 4 rings (SSSR count). The van der Waals surface area contributed by atoms with Crippen molar-refractivity contribution in [2.75, 3.05) is 11.9 Å². The lowest BCUT2D eigenvalue weighted by Gasteiger charge is -2.26. The number of fused-ring (bicyclic) bond motifs is 2. The first-order chi connectivity index (χ1) is 16.5. The molecule has 0 spiro atoms. The number of aromatic nitrogens is 3. The lowest BCUT2D eigenvalue weighted by atomic mass is 10.0. The third-order valence-electron chi connectivity index (χ3n) is 6.21. The molecule has 1 aliphatic heterocycles. The van der Waals surface area contributed by atoms with E-state index in [1.807, 2.05) is 18.2 Å². The van der Waals surface area contributed by atoms with E-state index < -0.39 is 12.0 Å². The first kappa shape index (κ1) is 23.5. The van der Waals surface area contributed by atoms with Crippen LogP contribution in [0.4, 0.5) is 5.82 Å². The summed E-state index contributed by atoms with van der Waals surface area (Å²) in [5, 5.41) is 20.7. The molecule has 3 N–H and O–H groups in total. The zero-order chi connectivity index (χ0) is 23.9. The van der Waals surface area contributed by atoms with Crippen molar-refractivity contribution in [3.8, 4) is 5.75 Å². The van der Waals surface area contributed by atoms with E-state index in [2.05, 4.69) is 20.7 Å². The van der Waals surface area contributed by atoms with Crippen molar-refractivity contribution in [3.05, 3.63) is 48.3 Å². The van der Waals surface area contributed by atoms with E-state index in [0.717, 1.165) is 61.0 Å². The fraction of sp³-hybridized carbons (Fsp3) is 0.440. The molecule has 2 unspecified atom stereocenters. The Labute approximate surface area is 198 Å². The number of nitrogens with one attached hydrogen (secondary N) is 2. The van der Waals surface area contributed by atoms with Gasteiger partial charge in [0.2, 0.25) is 0 Å². The number of pyridine rings is 1. The van der Waals surface area contributed by atoms with Crippen molar-refractivity contribution >= 4 is 28.6 Å². The number of carboxylic acid groups (broad SMARTS) is 1. The Bertz CT molecular complexity index is 1150. The number of unbranched alkanes of at least 4 members (excludes halogenated alkanes) is 4. The zero-order valence-electron chi connectivity index (χ0n) is 19.4. The standard InChI is InChI=1S/C25H31N5O4/c1-30-21-14-17(11-12-18(21)15-27-30)24(31)29-20(25(32)33)9-6-4-2-3-5-8-19-16-34-22-10-7-13-26-23(22)28-19/h7,10-15,19-20H,2-6,8-9,16H2,1H3,(H,26,28)(H,29,31)(H,32,33). The minimum atomic E-state index is -1.01. The number of hydrogen-bond acceptors (Lipinski definition) is 6. The molecule has 0 fully saturated rings. The lowest BCUT2D eigenvalue weighted by Crippen LogP contribution is -2.40. The van der Waals surface area contributed by atoms with Crippen LogP contribution in [0.5, 0.6) is 5.75 Å². The lowest BCUT2D eigenvalue weighted by molar-refractivity contribution is -0.139. The maximum Gasteiger partial charge on any atom is 0.326 e. The second-order valence-electron chi connectivity index (χ2n) is 8.75. The first-order valence-electron chi connectivity index (χ1n) is 11.8. The smallest absolute Gasteiger partial charge is 0.326 e. The van der Waals surface area contributed by atoms with E-state index in [4.69, 9.17) is 4.74 Å². The average Bonchev–Trinajstić information content (AvgIpc) is 3.22. The largest absolute Gasteiger partial charge is 0.488 e.